The third-order valence-corrected chi connectivity index (χ3v) is 6.43. The first kappa shape index (κ1) is 25.2. The minimum atomic E-state index is -0.651. The van der Waals surface area contributed by atoms with E-state index >= 15 is 0 Å². The van der Waals surface area contributed by atoms with Crippen LogP contribution in [0.5, 0.6) is 5.75 Å². The lowest BCUT2D eigenvalue weighted by Gasteiger charge is -2.14. The highest BCUT2D eigenvalue weighted by Crippen LogP contribution is 2.32. The number of hydrogen-bond donors (Lipinski definition) is 1. The van der Waals surface area contributed by atoms with Gasteiger partial charge in [0.2, 0.25) is 0 Å². The molecule has 5 aromatic rings. The number of esters is 1. The number of amides is 1. The van der Waals surface area contributed by atoms with Crippen LogP contribution in [-0.4, -0.2) is 19.0 Å². The predicted octanol–water partition coefficient (Wildman–Crippen LogP) is 6.90. The summed E-state index contributed by atoms with van der Waals surface area (Å²) >= 11 is 0. The van der Waals surface area contributed by atoms with Crippen molar-refractivity contribution >= 4 is 45.2 Å². The molecule has 0 bridgehead atoms. The van der Waals surface area contributed by atoms with Crippen LogP contribution in [0.4, 0.5) is 5.69 Å². The van der Waals surface area contributed by atoms with E-state index in [-0.39, 0.29) is 16.8 Å². The third-order valence-electron chi connectivity index (χ3n) is 6.43. The molecule has 5 rings (SSSR count). The number of fused-ring (bicyclic) bond motifs is 2. The van der Waals surface area contributed by atoms with Gasteiger partial charge in [-0.3, -0.25) is 4.79 Å². The van der Waals surface area contributed by atoms with Crippen molar-refractivity contribution in [2.45, 2.75) is 6.61 Å². The van der Waals surface area contributed by atoms with Crippen molar-refractivity contribution in [1.82, 2.24) is 0 Å². The van der Waals surface area contributed by atoms with Crippen LogP contribution < -0.4 is 10.1 Å². The number of benzene rings is 5. The number of carbonyl (C=O) groups excluding carboxylic acids is 2. The predicted molar refractivity (Wildman–Crippen MR) is 152 cm³/mol. The Balaban J connectivity index is 1.51. The Labute approximate surface area is 225 Å². The number of anilines is 1. The van der Waals surface area contributed by atoms with E-state index in [1.165, 1.54) is 13.2 Å². The summed E-state index contributed by atoms with van der Waals surface area (Å²) < 4.78 is 11.1. The molecule has 0 saturated heterocycles. The molecule has 0 unspecified atom stereocenters. The number of ether oxygens (including phenoxy) is 2. The normalized spacial score (nSPS) is 11.1. The lowest BCUT2D eigenvalue weighted by Crippen LogP contribution is -2.16. The molecule has 0 radical (unpaired) electrons. The summed E-state index contributed by atoms with van der Waals surface area (Å²) in [5.74, 6) is -0.703. The van der Waals surface area contributed by atoms with Crippen LogP contribution in [0.25, 0.3) is 27.6 Å². The van der Waals surface area contributed by atoms with Gasteiger partial charge in [-0.05, 0) is 51.4 Å². The largest absolute Gasteiger partial charge is 0.488 e. The van der Waals surface area contributed by atoms with Gasteiger partial charge < -0.3 is 14.8 Å². The first-order chi connectivity index (χ1) is 19.1. The average molecular weight is 513 g/mol. The van der Waals surface area contributed by atoms with Crippen molar-refractivity contribution < 1.29 is 19.1 Å². The molecule has 190 valence electrons. The maximum Gasteiger partial charge on any atom is 0.339 e. The van der Waals surface area contributed by atoms with E-state index in [1.54, 1.807) is 24.3 Å². The first-order valence-corrected chi connectivity index (χ1v) is 12.3. The highest BCUT2D eigenvalue weighted by Gasteiger charge is 2.17. The second kappa shape index (κ2) is 11.3. The first-order valence-electron chi connectivity index (χ1n) is 12.3. The Morgan fingerprint density at radius 3 is 2.26 bits per heavy atom. The van der Waals surface area contributed by atoms with E-state index in [4.69, 9.17) is 9.47 Å². The molecule has 0 aliphatic heterocycles. The number of nitrogens with one attached hydrogen (secondary N) is 1. The van der Waals surface area contributed by atoms with Crippen molar-refractivity contribution in [3.05, 3.63) is 125 Å². The Morgan fingerprint density at radius 1 is 0.821 bits per heavy atom. The van der Waals surface area contributed by atoms with E-state index in [2.05, 4.69) is 23.5 Å². The maximum absolute atomic E-state index is 13.2. The van der Waals surface area contributed by atoms with Gasteiger partial charge in [0.05, 0.1) is 18.4 Å². The van der Waals surface area contributed by atoms with Crippen LogP contribution >= 0.6 is 0 Å². The van der Waals surface area contributed by atoms with Gasteiger partial charge in [-0.1, -0.05) is 84.9 Å². The van der Waals surface area contributed by atoms with Crippen molar-refractivity contribution in [3.8, 4) is 11.8 Å². The molecule has 0 saturated carbocycles. The Hall–Kier alpha value is -5.41. The molecule has 0 heterocycles. The maximum atomic E-state index is 13.2. The van der Waals surface area contributed by atoms with Crippen LogP contribution in [0.15, 0.2) is 109 Å². The van der Waals surface area contributed by atoms with Crippen LogP contribution in [0.1, 0.15) is 21.5 Å². The fourth-order valence-corrected chi connectivity index (χ4v) is 4.49. The minimum Gasteiger partial charge on any atom is -0.488 e. The number of methoxy groups -OCH3 is 1. The smallest absolute Gasteiger partial charge is 0.339 e. The molecule has 1 amide bonds. The Morgan fingerprint density at radius 2 is 1.49 bits per heavy atom. The number of nitrogens with zero attached hydrogens (tertiary/aromatic N) is 1. The molecule has 6 heteroatoms. The molecule has 1 N–H and O–H groups in total. The van der Waals surface area contributed by atoms with Crippen LogP contribution in [0.3, 0.4) is 0 Å². The van der Waals surface area contributed by atoms with E-state index in [1.807, 2.05) is 66.7 Å². The molecule has 0 aromatic heterocycles. The zero-order valence-corrected chi connectivity index (χ0v) is 21.2. The summed E-state index contributed by atoms with van der Waals surface area (Å²) in [5.41, 5.74) is 1.94. The summed E-state index contributed by atoms with van der Waals surface area (Å²) in [6.45, 7) is 0.307. The molecule has 0 fully saturated rings. The van der Waals surface area contributed by atoms with Gasteiger partial charge in [-0.15, -0.1) is 0 Å². The highest BCUT2D eigenvalue weighted by molar-refractivity contribution is 6.13. The van der Waals surface area contributed by atoms with Gasteiger partial charge in [0.15, 0.2) is 0 Å². The number of nitriles is 1. The minimum absolute atomic E-state index is 0.138. The SMILES string of the molecule is COC(=O)c1ccccc1NC(=O)/C(C#N)=C/c1c(OCc2cccc3ccccc23)ccc2ccccc12. The highest BCUT2D eigenvalue weighted by atomic mass is 16.5. The van der Waals surface area contributed by atoms with Crippen molar-refractivity contribution in [2.24, 2.45) is 0 Å². The van der Waals surface area contributed by atoms with Gasteiger partial charge >= 0.3 is 5.97 Å². The van der Waals surface area contributed by atoms with Crippen molar-refractivity contribution in [1.29, 1.82) is 5.26 Å². The lowest BCUT2D eigenvalue weighted by molar-refractivity contribution is -0.112. The number of rotatable bonds is 7. The number of para-hydroxylation sites is 1. The molecule has 39 heavy (non-hydrogen) atoms. The number of hydrogen-bond acceptors (Lipinski definition) is 5. The van der Waals surface area contributed by atoms with Gasteiger partial charge in [-0.25, -0.2) is 4.79 Å². The topological polar surface area (TPSA) is 88.4 Å². The molecular formula is C33H24N2O4. The summed E-state index contributed by atoms with van der Waals surface area (Å²) in [6, 6.07) is 34.1. The van der Waals surface area contributed by atoms with E-state index < -0.39 is 11.9 Å². The summed E-state index contributed by atoms with van der Waals surface area (Å²) in [4.78, 5) is 25.3. The molecule has 0 atom stereocenters. The standard InChI is InChI=1S/C33H24N2O4/c1-38-33(37)28-15-6-7-16-30(28)35-32(36)25(20-34)19-29-27-14-5-3-10-23(27)17-18-31(29)39-21-24-12-8-11-22-9-2-4-13-26(22)24/h2-19H,21H2,1H3,(H,35,36)/b25-19+. The fraction of sp³-hybridized carbons (Fsp3) is 0.0606. The Bertz CT molecular complexity index is 1780. The van der Waals surface area contributed by atoms with E-state index in [9.17, 15) is 14.9 Å². The monoisotopic (exact) mass is 512 g/mol. The zero-order valence-electron chi connectivity index (χ0n) is 21.2. The molecule has 0 aliphatic carbocycles. The molecule has 6 nitrogen and oxygen atoms in total. The van der Waals surface area contributed by atoms with Crippen LogP contribution in [0, 0.1) is 11.3 Å². The van der Waals surface area contributed by atoms with Crippen LogP contribution in [-0.2, 0) is 16.1 Å². The second-order valence-electron chi connectivity index (χ2n) is 8.79. The van der Waals surface area contributed by atoms with Crippen LogP contribution in [0.2, 0.25) is 0 Å². The van der Waals surface area contributed by atoms with E-state index in [0.29, 0.717) is 17.9 Å². The van der Waals surface area contributed by atoms with Gasteiger partial charge in [0, 0.05) is 5.56 Å². The summed E-state index contributed by atoms with van der Waals surface area (Å²) in [7, 11) is 1.27. The van der Waals surface area contributed by atoms with E-state index in [0.717, 1.165) is 27.1 Å². The fourth-order valence-electron chi connectivity index (χ4n) is 4.49. The van der Waals surface area contributed by atoms with Gasteiger partial charge in [0.1, 0.15) is 24.0 Å². The molecule has 5 aromatic carbocycles. The summed E-state index contributed by atoms with van der Waals surface area (Å²) in [6.07, 6.45) is 1.52. The third kappa shape index (κ3) is 5.34. The second-order valence-corrected chi connectivity index (χ2v) is 8.79. The lowest BCUT2D eigenvalue weighted by atomic mass is 10.0. The molecule has 0 aliphatic rings. The molecule has 0 spiro atoms. The summed E-state index contributed by atoms with van der Waals surface area (Å²) in [5, 5.41) is 16.6. The van der Waals surface area contributed by atoms with Gasteiger partial charge in [-0.2, -0.15) is 5.26 Å². The quantitative estimate of drug-likeness (QED) is 0.146. The zero-order chi connectivity index (χ0) is 27.2. The average Bonchev–Trinajstić information content (AvgIpc) is 2.98. The van der Waals surface area contributed by atoms with Crippen molar-refractivity contribution in [2.75, 3.05) is 12.4 Å². The van der Waals surface area contributed by atoms with Gasteiger partial charge in [0.25, 0.3) is 5.91 Å². The van der Waals surface area contributed by atoms with Crippen molar-refractivity contribution in [3.63, 3.8) is 0 Å². The number of carbonyl (C=O) groups is 2. The molecular weight excluding hydrogens is 488 g/mol. The Kier molecular flexibility index (Phi) is 7.33.